The largest absolute Gasteiger partial charge is 0.327 e. The van der Waals surface area contributed by atoms with E-state index in [1.165, 1.54) is 0 Å². The van der Waals surface area contributed by atoms with Gasteiger partial charge >= 0.3 is 0 Å². The summed E-state index contributed by atoms with van der Waals surface area (Å²) in [7, 11) is 1.80. The van der Waals surface area contributed by atoms with Crippen molar-refractivity contribution in [2.24, 2.45) is 5.84 Å². The summed E-state index contributed by atoms with van der Waals surface area (Å²) in [6, 6.07) is 0. The van der Waals surface area contributed by atoms with E-state index >= 15 is 0 Å². The van der Waals surface area contributed by atoms with E-state index in [1.54, 1.807) is 7.05 Å². The van der Waals surface area contributed by atoms with Gasteiger partial charge in [0.15, 0.2) is 0 Å². The third-order valence-corrected chi connectivity index (χ3v) is 1.09. The standard InChI is InChI=1S/C5H14N4/c1-4(8-6)5(2)9-7-3/h7-9H,6H2,1-3H3/b5-4-. The summed E-state index contributed by atoms with van der Waals surface area (Å²) < 4.78 is 0. The summed E-state index contributed by atoms with van der Waals surface area (Å²) in [5.41, 5.74) is 10.1. The molecule has 0 bridgehead atoms. The van der Waals surface area contributed by atoms with Gasteiger partial charge in [-0.25, -0.2) is 5.43 Å². The van der Waals surface area contributed by atoms with Crippen molar-refractivity contribution in [3.8, 4) is 0 Å². The Bertz CT molecular complexity index is 108. The first-order valence-electron chi connectivity index (χ1n) is 2.79. The van der Waals surface area contributed by atoms with Gasteiger partial charge in [0, 0.05) is 18.4 Å². The highest BCUT2D eigenvalue weighted by Crippen LogP contribution is 1.89. The van der Waals surface area contributed by atoms with E-state index in [0.29, 0.717) is 0 Å². The Hall–Kier alpha value is -0.740. The predicted molar refractivity (Wildman–Crippen MR) is 37.9 cm³/mol. The van der Waals surface area contributed by atoms with Crippen LogP contribution in [0.2, 0.25) is 0 Å². The molecule has 0 amide bonds. The minimum Gasteiger partial charge on any atom is -0.327 e. The zero-order valence-electron chi connectivity index (χ0n) is 6.08. The van der Waals surface area contributed by atoms with Gasteiger partial charge in [-0.15, -0.1) is 0 Å². The molecule has 0 rings (SSSR count). The molecule has 0 saturated heterocycles. The van der Waals surface area contributed by atoms with Crippen molar-refractivity contribution in [1.29, 1.82) is 0 Å². The second-order valence-electron chi connectivity index (χ2n) is 1.77. The van der Waals surface area contributed by atoms with Crippen LogP contribution in [0, 0.1) is 0 Å². The first-order chi connectivity index (χ1) is 4.22. The average Bonchev–Trinajstić information content (AvgIpc) is 1.87. The SMILES string of the molecule is CNN/C(C)=C(/C)NN. The molecule has 0 aromatic rings. The molecule has 5 N–H and O–H groups in total. The molecule has 0 spiro atoms. The quantitative estimate of drug-likeness (QED) is 0.305. The maximum atomic E-state index is 5.13. The second-order valence-corrected chi connectivity index (χ2v) is 1.77. The van der Waals surface area contributed by atoms with Gasteiger partial charge in [-0.1, -0.05) is 0 Å². The molecule has 4 nitrogen and oxygen atoms in total. The Morgan fingerprint density at radius 3 is 2.11 bits per heavy atom. The average molecular weight is 130 g/mol. The highest BCUT2D eigenvalue weighted by molar-refractivity contribution is 5.03. The third kappa shape index (κ3) is 2.94. The highest BCUT2D eigenvalue weighted by atomic mass is 15.3. The van der Waals surface area contributed by atoms with Crippen LogP contribution in [-0.4, -0.2) is 7.05 Å². The molecule has 0 saturated carbocycles. The van der Waals surface area contributed by atoms with Crippen molar-refractivity contribution < 1.29 is 0 Å². The molecule has 0 unspecified atom stereocenters. The number of rotatable bonds is 3. The summed E-state index contributed by atoms with van der Waals surface area (Å²) in [6.45, 7) is 3.81. The maximum absolute atomic E-state index is 5.13. The summed E-state index contributed by atoms with van der Waals surface area (Å²) in [5, 5.41) is 0. The van der Waals surface area contributed by atoms with Gasteiger partial charge in [0.05, 0.1) is 0 Å². The van der Waals surface area contributed by atoms with Gasteiger partial charge in [-0.05, 0) is 13.8 Å². The number of hydrogen-bond donors (Lipinski definition) is 4. The smallest absolute Gasteiger partial charge is 0.0430 e. The Kier molecular flexibility index (Phi) is 3.83. The van der Waals surface area contributed by atoms with E-state index in [1.807, 2.05) is 13.8 Å². The van der Waals surface area contributed by atoms with Gasteiger partial charge in [-0.3, -0.25) is 5.84 Å². The van der Waals surface area contributed by atoms with Crippen LogP contribution in [0.15, 0.2) is 11.4 Å². The highest BCUT2D eigenvalue weighted by Gasteiger charge is 1.89. The number of hydrazine groups is 2. The zero-order valence-corrected chi connectivity index (χ0v) is 6.08. The molecule has 4 heteroatoms. The van der Waals surface area contributed by atoms with Crippen LogP contribution in [0.5, 0.6) is 0 Å². The molecule has 9 heavy (non-hydrogen) atoms. The van der Waals surface area contributed by atoms with E-state index in [9.17, 15) is 0 Å². The second kappa shape index (κ2) is 4.17. The zero-order chi connectivity index (χ0) is 7.28. The minimum atomic E-state index is 0.921. The van der Waals surface area contributed by atoms with Crippen molar-refractivity contribution >= 4 is 0 Å². The van der Waals surface area contributed by atoms with Crippen LogP contribution < -0.4 is 22.1 Å². The maximum Gasteiger partial charge on any atom is 0.0430 e. The van der Waals surface area contributed by atoms with E-state index in [2.05, 4.69) is 16.3 Å². The molecule has 54 valence electrons. The Morgan fingerprint density at radius 2 is 1.78 bits per heavy atom. The summed E-state index contributed by atoms with van der Waals surface area (Å²) in [5.74, 6) is 5.13. The lowest BCUT2D eigenvalue weighted by molar-refractivity contribution is 0.667. The molecule has 0 atom stereocenters. The van der Waals surface area contributed by atoms with E-state index in [4.69, 9.17) is 5.84 Å². The van der Waals surface area contributed by atoms with E-state index < -0.39 is 0 Å². The fraction of sp³-hybridized carbons (Fsp3) is 0.600. The molecule has 0 fully saturated rings. The lowest BCUT2D eigenvalue weighted by atomic mass is 10.4. The van der Waals surface area contributed by atoms with Crippen molar-refractivity contribution in [2.45, 2.75) is 13.8 Å². The van der Waals surface area contributed by atoms with Crippen molar-refractivity contribution in [2.75, 3.05) is 7.05 Å². The number of allylic oxidation sites excluding steroid dienone is 2. The monoisotopic (exact) mass is 130 g/mol. The van der Waals surface area contributed by atoms with Gasteiger partial charge in [0.25, 0.3) is 0 Å². The van der Waals surface area contributed by atoms with Crippen LogP contribution in [0.4, 0.5) is 0 Å². The molecular formula is C5H14N4. The molecule has 0 aromatic carbocycles. The van der Waals surface area contributed by atoms with Crippen LogP contribution in [0.1, 0.15) is 13.8 Å². The Morgan fingerprint density at radius 1 is 1.22 bits per heavy atom. The van der Waals surface area contributed by atoms with Crippen molar-refractivity contribution in [3.63, 3.8) is 0 Å². The molecular weight excluding hydrogens is 116 g/mol. The fourth-order valence-corrected chi connectivity index (χ4v) is 0.390. The van der Waals surface area contributed by atoms with Gasteiger partial charge in [-0.2, -0.15) is 0 Å². The molecule has 0 aliphatic rings. The Labute approximate surface area is 55.4 Å². The molecule has 0 radical (unpaired) electrons. The fourth-order valence-electron chi connectivity index (χ4n) is 0.390. The first-order valence-corrected chi connectivity index (χ1v) is 2.79. The molecule has 0 aliphatic carbocycles. The summed E-state index contributed by atoms with van der Waals surface area (Å²) >= 11 is 0. The predicted octanol–water partition coefficient (Wildman–Crippen LogP) is -0.575. The van der Waals surface area contributed by atoms with E-state index in [-0.39, 0.29) is 0 Å². The van der Waals surface area contributed by atoms with Gasteiger partial charge in [0.1, 0.15) is 0 Å². The van der Waals surface area contributed by atoms with Crippen LogP contribution in [0.25, 0.3) is 0 Å². The lowest BCUT2D eigenvalue weighted by Gasteiger charge is -2.07. The Balaban J connectivity index is 3.78. The summed E-state index contributed by atoms with van der Waals surface area (Å²) in [6.07, 6.45) is 0. The van der Waals surface area contributed by atoms with Crippen molar-refractivity contribution in [3.05, 3.63) is 11.4 Å². The number of nitrogens with one attached hydrogen (secondary N) is 3. The van der Waals surface area contributed by atoms with Crippen LogP contribution in [0.3, 0.4) is 0 Å². The lowest BCUT2D eigenvalue weighted by Crippen LogP contribution is -2.30. The first kappa shape index (κ1) is 8.26. The number of hydrogen-bond acceptors (Lipinski definition) is 4. The minimum absolute atomic E-state index is 0.921. The third-order valence-electron chi connectivity index (χ3n) is 1.09. The molecule has 0 aliphatic heterocycles. The van der Waals surface area contributed by atoms with Crippen molar-refractivity contribution in [1.82, 2.24) is 16.3 Å². The number of nitrogens with two attached hydrogens (primary N) is 1. The van der Waals surface area contributed by atoms with Crippen LogP contribution in [-0.2, 0) is 0 Å². The summed E-state index contributed by atoms with van der Waals surface area (Å²) in [4.78, 5) is 0. The molecule has 0 aromatic heterocycles. The van der Waals surface area contributed by atoms with Crippen LogP contribution >= 0.6 is 0 Å². The normalized spacial score (nSPS) is 12.4. The van der Waals surface area contributed by atoms with E-state index in [0.717, 1.165) is 11.4 Å². The van der Waals surface area contributed by atoms with Gasteiger partial charge < -0.3 is 10.9 Å². The molecule has 0 heterocycles. The van der Waals surface area contributed by atoms with Gasteiger partial charge in [0.2, 0.25) is 0 Å². The topological polar surface area (TPSA) is 62.1 Å².